The molecule has 3 nitrogen and oxygen atoms in total. The van der Waals surface area contributed by atoms with Crippen LogP contribution in [0.15, 0.2) is 18.2 Å². The van der Waals surface area contributed by atoms with E-state index in [9.17, 15) is 0 Å². The van der Waals surface area contributed by atoms with Crippen molar-refractivity contribution in [2.45, 2.75) is 20.8 Å². The van der Waals surface area contributed by atoms with E-state index >= 15 is 0 Å². The zero-order valence-electron chi connectivity index (χ0n) is 11.8. The van der Waals surface area contributed by atoms with Crippen molar-refractivity contribution in [2.75, 3.05) is 5.32 Å². The van der Waals surface area contributed by atoms with Crippen molar-refractivity contribution in [1.82, 2.24) is 9.97 Å². The van der Waals surface area contributed by atoms with E-state index in [1.54, 1.807) is 11.3 Å². The van der Waals surface area contributed by atoms with E-state index in [-0.39, 0.29) is 5.28 Å². The van der Waals surface area contributed by atoms with Crippen molar-refractivity contribution < 1.29 is 0 Å². The summed E-state index contributed by atoms with van der Waals surface area (Å²) >= 11 is 13.8. The molecule has 0 saturated carbocycles. The molecule has 108 valence electrons. The number of benzene rings is 1. The summed E-state index contributed by atoms with van der Waals surface area (Å²) in [4.78, 5) is 10.7. The fraction of sp³-hybridized carbons (Fsp3) is 0.200. The van der Waals surface area contributed by atoms with Crippen LogP contribution in [0, 0.1) is 20.8 Å². The van der Waals surface area contributed by atoms with Crippen LogP contribution in [0.2, 0.25) is 10.3 Å². The lowest BCUT2D eigenvalue weighted by atomic mass is 10.2. The Kier molecular flexibility index (Phi) is 3.78. The molecular weight excluding hydrogens is 325 g/mol. The molecule has 0 bridgehead atoms. The van der Waals surface area contributed by atoms with Crippen LogP contribution in [-0.2, 0) is 0 Å². The van der Waals surface area contributed by atoms with Gasteiger partial charge in [0.25, 0.3) is 0 Å². The largest absolute Gasteiger partial charge is 0.339 e. The monoisotopic (exact) mass is 337 g/mol. The number of hydrogen-bond donors (Lipinski definition) is 1. The quantitative estimate of drug-likeness (QED) is 0.612. The van der Waals surface area contributed by atoms with Gasteiger partial charge in [-0.2, -0.15) is 4.98 Å². The van der Waals surface area contributed by atoms with Gasteiger partial charge in [-0.1, -0.05) is 17.7 Å². The first-order valence-corrected chi connectivity index (χ1v) is 7.99. The standard InChI is InChI=1S/C15H13Cl2N3S/c1-7-4-5-10(6-11(7)16)18-13-12-8(2)9(3)21-14(12)20-15(17)19-13/h4-6H,1-3H3,(H,18,19,20). The normalized spacial score (nSPS) is 11.1. The maximum absolute atomic E-state index is 6.17. The first-order valence-electron chi connectivity index (χ1n) is 6.42. The molecule has 1 N–H and O–H groups in total. The zero-order valence-corrected chi connectivity index (χ0v) is 14.1. The van der Waals surface area contributed by atoms with E-state index in [4.69, 9.17) is 23.2 Å². The number of anilines is 2. The van der Waals surface area contributed by atoms with Gasteiger partial charge in [0.05, 0.1) is 5.39 Å². The summed E-state index contributed by atoms with van der Waals surface area (Å²) in [5, 5.41) is 5.27. The number of fused-ring (bicyclic) bond motifs is 1. The lowest BCUT2D eigenvalue weighted by Crippen LogP contribution is -1.97. The summed E-state index contributed by atoms with van der Waals surface area (Å²) in [6.07, 6.45) is 0. The predicted octanol–water partition coefficient (Wildman–Crippen LogP) is 5.67. The van der Waals surface area contributed by atoms with Gasteiger partial charge in [0.2, 0.25) is 5.28 Å². The molecule has 0 aliphatic heterocycles. The molecule has 0 atom stereocenters. The minimum atomic E-state index is 0.240. The van der Waals surface area contributed by atoms with Gasteiger partial charge in [-0.25, -0.2) is 4.98 Å². The number of halogens is 2. The molecule has 0 saturated heterocycles. The third-order valence-corrected chi connectivity index (χ3v) is 5.11. The molecule has 0 radical (unpaired) electrons. The molecule has 1 aromatic carbocycles. The van der Waals surface area contributed by atoms with Gasteiger partial charge < -0.3 is 5.32 Å². The van der Waals surface area contributed by atoms with Crippen LogP contribution in [0.25, 0.3) is 10.2 Å². The first-order chi connectivity index (χ1) is 9.95. The van der Waals surface area contributed by atoms with Crippen molar-refractivity contribution in [2.24, 2.45) is 0 Å². The van der Waals surface area contributed by atoms with Crippen molar-refractivity contribution >= 4 is 56.3 Å². The Hall–Kier alpha value is -1.36. The number of aryl methyl sites for hydroxylation is 3. The number of nitrogens with one attached hydrogen (secondary N) is 1. The maximum Gasteiger partial charge on any atom is 0.225 e. The number of aromatic nitrogens is 2. The minimum Gasteiger partial charge on any atom is -0.339 e. The van der Waals surface area contributed by atoms with Crippen LogP contribution in [0.1, 0.15) is 16.0 Å². The fourth-order valence-corrected chi connectivity index (χ4v) is 3.55. The van der Waals surface area contributed by atoms with Crippen LogP contribution in [0.5, 0.6) is 0 Å². The molecule has 0 unspecified atom stereocenters. The second-order valence-electron chi connectivity index (χ2n) is 4.89. The Morgan fingerprint density at radius 3 is 2.57 bits per heavy atom. The topological polar surface area (TPSA) is 37.8 Å². The lowest BCUT2D eigenvalue weighted by molar-refractivity contribution is 1.22. The van der Waals surface area contributed by atoms with Gasteiger partial charge in [0.15, 0.2) is 0 Å². The molecule has 0 aliphatic carbocycles. The maximum atomic E-state index is 6.17. The Bertz CT molecular complexity index is 843. The second kappa shape index (κ2) is 5.44. The van der Waals surface area contributed by atoms with E-state index in [1.165, 1.54) is 10.4 Å². The predicted molar refractivity (Wildman–Crippen MR) is 91.4 cm³/mol. The molecule has 21 heavy (non-hydrogen) atoms. The molecule has 0 spiro atoms. The zero-order chi connectivity index (χ0) is 15.1. The number of rotatable bonds is 2. The summed E-state index contributed by atoms with van der Waals surface area (Å²) in [6.45, 7) is 6.11. The van der Waals surface area contributed by atoms with Crippen molar-refractivity contribution in [1.29, 1.82) is 0 Å². The van der Waals surface area contributed by atoms with E-state index in [1.807, 2.05) is 25.1 Å². The van der Waals surface area contributed by atoms with Gasteiger partial charge >= 0.3 is 0 Å². The number of nitrogens with zero attached hydrogens (tertiary/aromatic N) is 2. The third-order valence-electron chi connectivity index (χ3n) is 3.44. The minimum absolute atomic E-state index is 0.240. The average Bonchev–Trinajstić information content (AvgIpc) is 2.69. The molecule has 3 aromatic rings. The molecule has 6 heteroatoms. The van der Waals surface area contributed by atoms with Gasteiger partial charge in [-0.3, -0.25) is 0 Å². The Morgan fingerprint density at radius 1 is 1.10 bits per heavy atom. The molecule has 0 fully saturated rings. The molecule has 2 aromatic heterocycles. The molecule has 3 rings (SSSR count). The van der Waals surface area contributed by atoms with E-state index in [0.717, 1.165) is 26.5 Å². The molecule has 0 amide bonds. The highest BCUT2D eigenvalue weighted by Crippen LogP contribution is 2.35. The second-order valence-corrected chi connectivity index (χ2v) is 6.84. The summed E-state index contributed by atoms with van der Waals surface area (Å²) in [5.41, 5.74) is 3.09. The SMILES string of the molecule is Cc1ccc(Nc2nc(Cl)nc3sc(C)c(C)c23)cc1Cl. The fourth-order valence-electron chi connectivity index (χ4n) is 2.12. The van der Waals surface area contributed by atoms with Crippen LogP contribution in [0.3, 0.4) is 0 Å². The number of thiophene rings is 1. The highest BCUT2D eigenvalue weighted by atomic mass is 35.5. The highest BCUT2D eigenvalue weighted by Gasteiger charge is 2.14. The lowest BCUT2D eigenvalue weighted by Gasteiger charge is -2.09. The first kappa shape index (κ1) is 14.6. The van der Waals surface area contributed by atoms with Crippen molar-refractivity contribution in [3.63, 3.8) is 0 Å². The molecular formula is C15H13Cl2N3S. The van der Waals surface area contributed by atoms with E-state index in [2.05, 4.69) is 29.1 Å². The summed E-state index contributed by atoms with van der Waals surface area (Å²) in [5.74, 6) is 0.715. The summed E-state index contributed by atoms with van der Waals surface area (Å²) in [6, 6.07) is 5.82. The summed E-state index contributed by atoms with van der Waals surface area (Å²) in [7, 11) is 0. The third kappa shape index (κ3) is 2.71. The van der Waals surface area contributed by atoms with Gasteiger partial charge in [-0.15, -0.1) is 11.3 Å². The van der Waals surface area contributed by atoms with Crippen LogP contribution in [-0.4, -0.2) is 9.97 Å². The Balaban J connectivity index is 2.13. The van der Waals surface area contributed by atoms with Gasteiger partial charge in [0.1, 0.15) is 10.6 Å². The van der Waals surface area contributed by atoms with Crippen molar-refractivity contribution in [3.05, 3.63) is 44.5 Å². The van der Waals surface area contributed by atoms with E-state index in [0.29, 0.717) is 5.82 Å². The number of hydrogen-bond acceptors (Lipinski definition) is 4. The van der Waals surface area contributed by atoms with Gasteiger partial charge in [0, 0.05) is 15.6 Å². The van der Waals surface area contributed by atoms with Gasteiger partial charge in [-0.05, 0) is 55.6 Å². The van der Waals surface area contributed by atoms with E-state index < -0.39 is 0 Å². The van der Waals surface area contributed by atoms with Crippen LogP contribution in [0.4, 0.5) is 11.5 Å². The Labute approximate surface area is 137 Å². The molecule has 2 heterocycles. The summed E-state index contributed by atoms with van der Waals surface area (Å²) < 4.78 is 0. The molecule has 0 aliphatic rings. The van der Waals surface area contributed by atoms with Crippen LogP contribution >= 0.6 is 34.5 Å². The van der Waals surface area contributed by atoms with Crippen molar-refractivity contribution in [3.8, 4) is 0 Å². The highest BCUT2D eigenvalue weighted by molar-refractivity contribution is 7.18. The van der Waals surface area contributed by atoms with Crippen LogP contribution < -0.4 is 5.32 Å². The smallest absolute Gasteiger partial charge is 0.225 e. The Morgan fingerprint density at radius 2 is 1.86 bits per heavy atom. The average molecular weight is 338 g/mol.